The van der Waals surface area contributed by atoms with Gasteiger partial charge in [-0.3, -0.25) is 0 Å². The van der Waals surface area contributed by atoms with Crippen LogP contribution in [0.3, 0.4) is 0 Å². The van der Waals surface area contributed by atoms with Crippen molar-refractivity contribution < 1.29 is 4.74 Å². The average molecular weight is 188 g/mol. The average Bonchev–Trinajstić information content (AvgIpc) is 2.32. The summed E-state index contributed by atoms with van der Waals surface area (Å²) in [5.74, 6) is 0. The highest BCUT2D eigenvalue weighted by Crippen LogP contribution is 2.24. The summed E-state index contributed by atoms with van der Waals surface area (Å²) in [4.78, 5) is 0. The number of thiocarbonyl (C=S) groups is 1. The molecule has 0 aromatic heterocycles. The lowest BCUT2D eigenvalue weighted by Gasteiger charge is -2.29. The predicted octanol–water partition coefficient (Wildman–Crippen LogP) is 0.648. The molecule has 4 heteroatoms. The highest BCUT2D eigenvalue weighted by Gasteiger charge is 2.37. The van der Waals surface area contributed by atoms with Crippen LogP contribution in [0.4, 0.5) is 0 Å². The van der Waals surface area contributed by atoms with Crippen molar-refractivity contribution in [2.24, 2.45) is 0 Å². The Morgan fingerprint density at radius 2 is 2.33 bits per heavy atom. The molecule has 1 saturated heterocycles. The van der Waals surface area contributed by atoms with Crippen LogP contribution in [0.5, 0.6) is 0 Å². The fourth-order valence-electron chi connectivity index (χ4n) is 1.32. The summed E-state index contributed by atoms with van der Waals surface area (Å²) in [6, 6.07) is 0. The molecule has 2 unspecified atom stereocenters. The maximum absolute atomic E-state index is 5.46. The third-order valence-corrected chi connectivity index (χ3v) is 2.82. The Hall–Kier alpha value is -0.350. The van der Waals surface area contributed by atoms with Gasteiger partial charge in [0.2, 0.25) is 0 Å². The van der Waals surface area contributed by atoms with Crippen molar-refractivity contribution in [1.82, 2.24) is 10.6 Å². The lowest BCUT2D eigenvalue weighted by Crippen LogP contribution is -2.53. The van der Waals surface area contributed by atoms with Gasteiger partial charge in [0.05, 0.1) is 11.6 Å². The van der Waals surface area contributed by atoms with Gasteiger partial charge in [-0.1, -0.05) is 0 Å². The SMILES string of the molecule is CNC(=S)NC1(C)CCOC1C. The number of ether oxygens (including phenoxy) is 1. The first-order valence-electron chi connectivity index (χ1n) is 4.20. The zero-order valence-electron chi connectivity index (χ0n) is 7.81. The second-order valence-corrected chi connectivity index (χ2v) is 3.79. The van der Waals surface area contributed by atoms with Gasteiger partial charge < -0.3 is 15.4 Å². The molecule has 0 aromatic rings. The van der Waals surface area contributed by atoms with Gasteiger partial charge >= 0.3 is 0 Å². The summed E-state index contributed by atoms with van der Waals surface area (Å²) in [5, 5.41) is 6.84. The van der Waals surface area contributed by atoms with Crippen molar-refractivity contribution in [3.63, 3.8) is 0 Å². The summed E-state index contributed by atoms with van der Waals surface area (Å²) in [6.07, 6.45) is 1.24. The first-order valence-corrected chi connectivity index (χ1v) is 4.61. The minimum Gasteiger partial charge on any atom is -0.376 e. The van der Waals surface area contributed by atoms with Gasteiger partial charge in [-0.25, -0.2) is 0 Å². The molecule has 1 aliphatic rings. The van der Waals surface area contributed by atoms with E-state index in [1.807, 2.05) is 7.05 Å². The van der Waals surface area contributed by atoms with Gasteiger partial charge in [0, 0.05) is 13.7 Å². The quantitative estimate of drug-likeness (QED) is 0.592. The molecule has 0 saturated carbocycles. The molecule has 0 amide bonds. The van der Waals surface area contributed by atoms with E-state index < -0.39 is 0 Å². The topological polar surface area (TPSA) is 33.3 Å². The third-order valence-electron chi connectivity index (χ3n) is 2.51. The first kappa shape index (κ1) is 9.74. The van der Waals surface area contributed by atoms with E-state index in [-0.39, 0.29) is 11.6 Å². The molecule has 0 bridgehead atoms. The van der Waals surface area contributed by atoms with Crippen LogP contribution < -0.4 is 10.6 Å². The lowest BCUT2D eigenvalue weighted by atomic mass is 9.95. The van der Waals surface area contributed by atoms with Gasteiger partial charge in [0.15, 0.2) is 5.11 Å². The molecular formula is C8H16N2OS. The van der Waals surface area contributed by atoms with Crippen LogP contribution in [0.2, 0.25) is 0 Å². The standard InChI is InChI=1S/C8H16N2OS/c1-6-8(2,4-5-11-6)10-7(12)9-3/h6H,4-5H2,1-3H3,(H2,9,10,12). The fourth-order valence-corrected chi connectivity index (χ4v) is 1.55. The summed E-state index contributed by atoms with van der Waals surface area (Å²) in [5.41, 5.74) is 0.0000926. The van der Waals surface area contributed by atoms with Crippen molar-refractivity contribution in [2.45, 2.75) is 31.9 Å². The van der Waals surface area contributed by atoms with Gasteiger partial charge in [0.25, 0.3) is 0 Å². The third kappa shape index (κ3) is 1.87. The largest absolute Gasteiger partial charge is 0.376 e. The van der Waals surface area contributed by atoms with E-state index in [0.717, 1.165) is 13.0 Å². The summed E-state index contributed by atoms with van der Waals surface area (Å²) in [6.45, 7) is 5.02. The summed E-state index contributed by atoms with van der Waals surface area (Å²) < 4.78 is 5.46. The highest BCUT2D eigenvalue weighted by molar-refractivity contribution is 7.80. The van der Waals surface area contributed by atoms with E-state index in [1.165, 1.54) is 0 Å². The molecule has 0 aliphatic carbocycles. The molecule has 2 N–H and O–H groups in total. The Morgan fingerprint density at radius 3 is 2.75 bits per heavy atom. The van der Waals surface area contributed by atoms with E-state index in [0.29, 0.717) is 5.11 Å². The van der Waals surface area contributed by atoms with E-state index >= 15 is 0 Å². The number of rotatable bonds is 1. The Balaban J connectivity index is 2.53. The summed E-state index contributed by atoms with van der Waals surface area (Å²) >= 11 is 5.04. The Bertz CT molecular complexity index is 186. The molecule has 1 fully saturated rings. The Kier molecular flexibility index (Phi) is 2.90. The van der Waals surface area contributed by atoms with Crippen molar-refractivity contribution in [1.29, 1.82) is 0 Å². The van der Waals surface area contributed by atoms with Crippen molar-refractivity contribution in [2.75, 3.05) is 13.7 Å². The molecule has 0 aromatic carbocycles. The molecule has 1 rings (SSSR count). The monoisotopic (exact) mass is 188 g/mol. The molecular weight excluding hydrogens is 172 g/mol. The maximum atomic E-state index is 5.46. The molecule has 3 nitrogen and oxygen atoms in total. The fraction of sp³-hybridized carbons (Fsp3) is 0.875. The molecule has 1 aliphatic heterocycles. The normalized spacial score (nSPS) is 34.8. The van der Waals surface area contributed by atoms with Gasteiger partial charge in [-0.05, 0) is 32.5 Å². The van der Waals surface area contributed by atoms with Crippen molar-refractivity contribution in [3.05, 3.63) is 0 Å². The molecule has 0 spiro atoms. The van der Waals surface area contributed by atoms with E-state index in [4.69, 9.17) is 17.0 Å². The maximum Gasteiger partial charge on any atom is 0.166 e. The highest BCUT2D eigenvalue weighted by atomic mass is 32.1. The van der Waals surface area contributed by atoms with Crippen molar-refractivity contribution >= 4 is 17.3 Å². The van der Waals surface area contributed by atoms with Crippen LogP contribution in [0, 0.1) is 0 Å². The lowest BCUT2D eigenvalue weighted by molar-refractivity contribution is 0.0948. The van der Waals surface area contributed by atoms with E-state index in [1.54, 1.807) is 0 Å². The molecule has 70 valence electrons. The minimum absolute atomic E-state index is 0.0000926. The Labute approximate surface area is 78.9 Å². The van der Waals surface area contributed by atoms with Crippen LogP contribution in [0.25, 0.3) is 0 Å². The van der Waals surface area contributed by atoms with Gasteiger partial charge in [-0.2, -0.15) is 0 Å². The van der Waals surface area contributed by atoms with Crippen LogP contribution in [0.15, 0.2) is 0 Å². The van der Waals surface area contributed by atoms with Gasteiger partial charge in [0.1, 0.15) is 0 Å². The second kappa shape index (κ2) is 3.58. The minimum atomic E-state index is 0.0000926. The zero-order chi connectivity index (χ0) is 9.19. The van der Waals surface area contributed by atoms with E-state index in [2.05, 4.69) is 24.5 Å². The summed E-state index contributed by atoms with van der Waals surface area (Å²) in [7, 11) is 1.82. The smallest absolute Gasteiger partial charge is 0.166 e. The Morgan fingerprint density at radius 1 is 1.67 bits per heavy atom. The molecule has 0 radical (unpaired) electrons. The van der Waals surface area contributed by atoms with Crippen LogP contribution in [-0.4, -0.2) is 30.4 Å². The zero-order valence-corrected chi connectivity index (χ0v) is 8.62. The van der Waals surface area contributed by atoms with E-state index in [9.17, 15) is 0 Å². The predicted molar refractivity (Wildman–Crippen MR) is 53.2 cm³/mol. The molecule has 2 atom stereocenters. The van der Waals surface area contributed by atoms with Gasteiger partial charge in [-0.15, -0.1) is 0 Å². The first-order chi connectivity index (χ1) is 5.58. The number of hydrogen-bond acceptors (Lipinski definition) is 2. The number of nitrogens with one attached hydrogen (secondary N) is 2. The number of hydrogen-bond donors (Lipinski definition) is 2. The molecule has 1 heterocycles. The second-order valence-electron chi connectivity index (χ2n) is 3.38. The van der Waals surface area contributed by atoms with Crippen LogP contribution in [-0.2, 0) is 4.74 Å². The van der Waals surface area contributed by atoms with Crippen LogP contribution in [0.1, 0.15) is 20.3 Å². The van der Waals surface area contributed by atoms with Crippen molar-refractivity contribution in [3.8, 4) is 0 Å². The van der Waals surface area contributed by atoms with Crippen LogP contribution >= 0.6 is 12.2 Å². The molecule has 12 heavy (non-hydrogen) atoms.